The molecule has 0 spiro atoms. The molecule has 1 aromatic heterocycles. The number of hydrogen-bond acceptors (Lipinski definition) is 4. The summed E-state index contributed by atoms with van der Waals surface area (Å²) >= 11 is 0. The maximum atomic E-state index is 5.46. The van der Waals surface area contributed by atoms with Crippen LogP contribution in [-0.2, 0) is 0 Å². The molecule has 1 fully saturated rings. The van der Waals surface area contributed by atoms with Gasteiger partial charge in [0, 0.05) is 13.1 Å². The highest BCUT2D eigenvalue weighted by molar-refractivity contribution is 5.42. The lowest BCUT2D eigenvalue weighted by molar-refractivity contribution is 0.658. The molecule has 4 heteroatoms. The van der Waals surface area contributed by atoms with Crippen LogP contribution < -0.4 is 10.6 Å². The Bertz CT molecular complexity index is 282. The van der Waals surface area contributed by atoms with E-state index in [2.05, 4.69) is 22.0 Å². The second kappa shape index (κ2) is 3.20. The molecule has 0 saturated carbocycles. The van der Waals surface area contributed by atoms with Crippen molar-refractivity contribution in [1.82, 2.24) is 10.2 Å². The van der Waals surface area contributed by atoms with Crippen molar-refractivity contribution in [3.8, 4) is 0 Å². The van der Waals surface area contributed by atoms with Crippen molar-refractivity contribution in [2.75, 3.05) is 23.7 Å². The van der Waals surface area contributed by atoms with E-state index < -0.39 is 0 Å². The Hall–Kier alpha value is -1.32. The van der Waals surface area contributed by atoms with Gasteiger partial charge in [-0.05, 0) is 24.5 Å². The predicted molar refractivity (Wildman–Crippen MR) is 52.4 cm³/mol. The van der Waals surface area contributed by atoms with Gasteiger partial charge in [0.2, 0.25) is 0 Å². The van der Waals surface area contributed by atoms with E-state index in [1.807, 2.05) is 6.07 Å². The van der Waals surface area contributed by atoms with Crippen LogP contribution in [0.1, 0.15) is 13.3 Å². The molecule has 0 aliphatic carbocycles. The number of nitrogen functional groups attached to an aromatic ring is 1. The highest BCUT2D eigenvalue weighted by Gasteiger charge is 2.19. The SMILES string of the molecule is CC1CCN(c2ccc(N)nn2)C1. The fourth-order valence-electron chi connectivity index (χ4n) is 1.65. The lowest BCUT2D eigenvalue weighted by atomic mass is 10.2. The first-order valence-corrected chi connectivity index (χ1v) is 4.60. The molecule has 2 heterocycles. The summed E-state index contributed by atoms with van der Waals surface area (Å²) in [4.78, 5) is 2.25. The van der Waals surface area contributed by atoms with Gasteiger partial charge < -0.3 is 10.6 Å². The summed E-state index contributed by atoms with van der Waals surface area (Å²) in [6, 6.07) is 3.73. The van der Waals surface area contributed by atoms with Crippen molar-refractivity contribution in [3.05, 3.63) is 12.1 Å². The maximum Gasteiger partial charge on any atom is 0.151 e. The molecule has 70 valence electrons. The maximum absolute atomic E-state index is 5.46. The molecule has 13 heavy (non-hydrogen) atoms. The van der Waals surface area contributed by atoms with E-state index in [0.717, 1.165) is 24.8 Å². The van der Waals surface area contributed by atoms with E-state index in [-0.39, 0.29) is 0 Å². The predicted octanol–water partition coefficient (Wildman–Crippen LogP) is 0.905. The molecule has 0 aromatic carbocycles. The first-order chi connectivity index (χ1) is 6.25. The molecule has 0 radical (unpaired) electrons. The number of nitrogens with two attached hydrogens (primary N) is 1. The van der Waals surface area contributed by atoms with Crippen LogP contribution in [0, 0.1) is 5.92 Å². The number of nitrogens with zero attached hydrogens (tertiary/aromatic N) is 3. The lowest BCUT2D eigenvalue weighted by Gasteiger charge is -2.15. The fourth-order valence-corrected chi connectivity index (χ4v) is 1.65. The van der Waals surface area contributed by atoms with Crippen LogP contribution in [0.25, 0.3) is 0 Å². The van der Waals surface area contributed by atoms with Crippen molar-refractivity contribution in [3.63, 3.8) is 0 Å². The molecule has 1 unspecified atom stereocenters. The fraction of sp³-hybridized carbons (Fsp3) is 0.556. The third-order valence-electron chi connectivity index (χ3n) is 2.42. The van der Waals surface area contributed by atoms with Gasteiger partial charge in [-0.15, -0.1) is 10.2 Å². The third kappa shape index (κ3) is 1.71. The summed E-state index contributed by atoms with van der Waals surface area (Å²) < 4.78 is 0. The van der Waals surface area contributed by atoms with Gasteiger partial charge in [-0.3, -0.25) is 0 Å². The van der Waals surface area contributed by atoms with Crippen LogP contribution in [-0.4, -0.2) is 23.3 Å². The molecule has 1 aliphatic heterocycles. The summed E-state index contributed by atoms with van der Waals surface area (Å²) in [6.07, 6.45) is 1.24. The van der Waals surface area contributed by atoms with Crippen molar-refractivity contribution in [1.29, 1.82) is 0 Å². The van der Waals surface area contributed by atoms with Gasteiger partial charge in [0.05, 0.1) is 0 Å². The number of hydrogen-bond donors (Lipinski definition) is 1. The summed E-state index contributed by atoms with van der Waals surface area (Å²) in [6.45, 7) is 4.42. The Labute approximate surface area is 77.8 Å². The van der Waals surface area contributed by atoms with Crippen molar-refractivity contribution < 1.29 is 0 Å². The van der Waals surface area contributed by atoms with Gasteiger partial charge >= 0.3 is 0 Å². The van der Waals surface area contributed by atoms with Gasteiger partial charge in [0.1, 0.15) is 5.82 Å². The molecule has 1 aromatic rings. The van der Waals surface area contributed by atoms with E-state index in [4.69, 9.17) is 5.73 Å². The minimum atomic E-state index is 0.482. The van der Waals surface area contributed by atoms with Crippen LogP contribution in [0.2, 0.25) is 0 Å². The first kappa shape index (κ1) is 8.29. The summed E-state index contributed by atoms with van der Waals surface area (Å²) in [5, 5.41) is 7.88. The van der Waals surface area contributed by atoms with Crippen LogP contribution in [0.5, 0.6) is 0 Å². The monoisotopic (exact) mass is 178 g/mol. The van der Waals surface area contributed by atoms with Crippen molar-refractivity contribution >= 4 is 11.6 Å². The Kier molecular flexibility index (Phi) is 2.04. The summed E-state index contributed by atoms with van der Waals surface area (Å²) in [7, 11) is 0. The zero-order valence-corrected chi connectivity index (χ0v) is 7.77. The Morgan fingerprint density at radius 3 is 2.85 bits per heavy atom. The van der Waals surface area contributed by atoms with Gasteiger partial charge in [-0.2, -0.15) is 0 Å². The zero-order valence-electron chi connectivity index (χ0n) is 7.77. The largest absolute Gasteiger partial charge is 0.382 e. The van der Waals surface area contributed by atoms with E-state index in [1.54, 1.807) is 6.07 Å². The topological polar surface area (TPSA) is 55.0 Å². The molecule has 4 nitrogen and oxygen atoms in total. The van der Waals surface area contributed by atoms with E-state index in [1.165, 1.54) is 6.42 Å². The molecule has 2 rings (SSSR count). The molecular weight excluding hydrogens is 164 g/mol. The van der Waals surface area contributed by atoms with Crippen LogP contribution >= 0.6 is 0 Å². The standard InChI is InChI=1S/C9H14N4/c1-7-4-5-13(6-7)9-3-2-8(10)11-12-9/h2-3,7H,4-6H2,1H3,(H2,10,11). The molecule has 1 atom stereocenters. The number of aromatic nitrogens is 2. The average molecular weight is 178 g/mol. The molecular formula is C9H14N4. The van der Waals surface area contributed by atoms with Gasteiger partial charge in [0.25, 0.3) is 0 Å². The highest BCUT2D eigenvalue weighted by Crippen LogP contribution is 2.20. The smallest absolute Gasteiger partial charge is 0.151 e. The van der Waals surface area contributed by atoms with E-state index in [0.29, 0.717) is 5.82 Å². The zero-order chi connectivity index (χ0) is 9.26. The Morgan fingerprint density at radius 2 is 2.31 bits per heavy atom. The van der Waals surface area contributed by atoms with Gasteiger partial charge in [0.15, 0.2) is 5.82 Å². The van der Waals surface area contributed by atoms with Crippen molar-refractivity contribution in [2.45, 2.75) is 13.3 Å². The van der Waals surface area contributed by atoms with Gasteiger partial charge in [-0.1, -0.05) is 6.92 Å². The van der Waals surface area contributed by atoms with Crippen LogP contribution in [0.4, 0.5) is 11.6 Å². The second-order valence-electron chi connectivity index (χ2n) is 3.66. The van der Waals surface area contributed by atoms with E-state index in [9.17, 15) is 0 Å². The lowest BCUT2D eigenvalue weighted by Crippen LogP contribution is -2.20. The van der Waals surface area contributed by atoms with Crippen LogP contribution in [0.3, 0.4) is 0 Å². The highest BCUT2D eigenvalue weighted by atomic mass is 15.3. The molecule has 1 saturated heterocycles. The first-order valence-electron chi connectivity index (χ1n) is 4.60. The minimum absolute atomic E-state index is 0.482. The van der Waals surface area contributed by atoms with E-state index >= 15 is 0 Å². The van der Waals surface area contributed by atoms with Crippen molar-refractivity contribution in [2.24, 2.45) is 5.92 Å². The number of anilines is 2. The molecule has 2 N–H and O–H groups in total. The normalized spacial score (nSPS) is 22.2. The third-order valence-corrected chi connectivity index (χ3v) is 2.42. The quantitative estimate of drug-likeness (QED) is 0.694. The van der Waals surface area contributed by atoms with Crippen LogP contribution in [0.15, 0.2) is 12.1 Å². The average Bonchev–Trinajstić information content (AvgIpc) is 2.53. The second-order valence-corrected chi connectivity index (χ2v) is 3.66. The molecule has 1 aliphatic rings. The Morgan fingerprint density at radius 1 is 1.46 bits per heavy atom. The summed E-state index contributed by atoms with van der Waals surface area (Å²) in [5.41, 5.74) is 5.46. The molecule has 0 bridgehead atoms. The van der Waals surface area contributed by atoms with Gasteiger partial charge in [-0.25, -0.2) is 0 Å². The number of rotatable bonds is 1. The minimum Gasteiger partial charge on any atom is -0.382 e. The Balaban J connectivity index is 2.13. The summed E-state index contributed by atoms with van der Waals surface area (Å²) in [5.74, 6) is 2.19. The molecule has 0 amide bonds.